The monoisotopic (exact) mass is 480 g/mol. The van der Waals surface area contributed by atoms with Crippen molar-refractivity contribution in [2.75, 3.05) is 38.7 Å². The molecule has 1 atom stereocenters. The number of rotatable bonds is 8. The van der Waals surface area contributed by atoms with Gasteiger partial charge in [-0.15, -0.1) is 0 Å². The number of hydrogen-bond acceptors (Lipinski definition) is 9. The Balaban J connectivity index is 1.23. The van der Waals surface area contributed by atoms with Gasteiger partial charge >= 0.3 is 0 Å². The molecule has 2 fully saturated rings. The van der Waals surface area contributed by atoms with Crippen LogP contribution in [0.15, 0.2) is 24.7 Å². The SMILES string of the molecule is COCC1(C)CCCN(Cc2cc(Nc3nc(C4CC4)cn4c(C5=CNNC5)cnc34)sn2)C1. The maximum absolute atomic E-state index is 5.48. The summed E-state index contributed by atoms with van der Waals surface area (Å²) in [7, 11) is 1.80. The van der Waals surface area contributed by atoms with Crippen molar-refractivity contribution in [2.24, 2.45) is 5.41 Å². The Morgan fingerprint density at radius 2 is 2.26 bits per heavy atom. The Morgan fingerprint density at radius 1 is 1.35 bits per heavy atom. The average Bonchev–Trinajstić information content (AvgIpc) is 3.17. The van der Waals surface area contributed by atoms with Gasteiger partial charge in [-0.25, -0.2) is 15.4 Å². The van der Waals surface area contributed by atoms with Gasteiger partial charge < -0.3 is 15.5 Å². The molecular formula is C24H32N8OS. The molecule has 1 aliphatic carbocycles. The van der Waals surface area contributed by atoms with Crippen LogP contribution in [-0.2, 0) is 11.3 Å². The lowest BCUT2D eigenvalue weighted by Crippen LogP contribution is -2.43. The van der Waals surface area contributed by atoms with Crippen LogP contribution in [0, 0.1) is 5.41 Å². The van der Waals surface area contributed by atoms with Gasteiger partial charge in [0.15, 0.2) is 11.5 Å². The van der Waals surface area contributed by atoms with Crippen molar-refractivity contribution in [1.29, 1.82) is 0 Å². The van der Waals surface area contributed by atoms with Crippen molar-refractivity contribution in [3.8, 4) is 0 Å². The average molecular weight is 481 g/mol. The van der Waals surface area contributed by atoms with Crippen molar-refractivity contribution in [1.82, 2.24) is 34.5 Å². The van der Waals surface area contributed by atoms with Crippen molar-refractivity contribution in [3.05, 3.63) is 41.7 Å². The third-order valence-electron chi connectivity index (χ3n) is 7.00. The van der Waals surface area contributed by atoms with E-state index in [1.165, 1.54) is 42.8 Å². The Morgan fingerprint density at radius 3 is 3.06 bits per heavy atom. The molecule has 10 heteroatoms. The molecule has 1 saturated heterocycles. The molecule has 0 radical (unpaired) electrons. The van der Waals surface area contributed by atoms with Gasteiger partial charge in [0.25, 0.3) is 0 Å². The van der Waals surface area contributed by atoms with E-state index in [-0.39, 0.29) is 5.41 Å². The second-order valence-electron chi connectivity index (χ2n) is 10.2. The summed E-state index contributed by atoms with van der Waals surface area (Å²) < 4.78 is 12.4. The molecule has 3 aromatic heterocycles. The first kappa shape index (κ1) is 22.0. The molecule has 3 aliphatic rings. The number of nitrogens with zero attached hydrogens (tertiary/aromatic N) is 5. The minimum Gasteiger partial charge on any atom is -0.384 e. The van der Waals surface area contributed by atoms with E-state index >= 15 is 0 Å². The summed E-state index contributed by atoms with van der Waals surface area (Å²) in [6, 6.07) is 2.16. The number of piperidine rings is 1. The van der Waals surface area contributed by atoms with Crippen LogP contribution in [0.2, 0.25) is 0 Å². The standard InChI is InChI=1S/C24H32N8OS/c1-24(15-33-2)6-3-7-31(14-24)12-18-8-21(34-30-18)29-22-23-25-11-20(17-9-26-27-10-17)32(23)13-19(28-22)16-4-5-16/h8-9,11,13,16,26-27H,3-7,10,12,14-15H2,1-2H3,(H,28,29). The molecule has 0 spiro atoms. The van der Waals surface area contributed by atoms with E-state index in [9.17, 15) is 0 Å². The molecule has 0 bridgehead atoms. The Kier molecular flexibility index (Phi) is 5.76. The van der Waals surface area contributed by atoms with Crippen molar-refractivity contribution in [2.45, 2.75) is 45.1 Å². The maximum atomic E-state index is 5.48. The minimum atomic E-state index is 0.223. The lowest BCUT2D eigenvalue weighted by Gasteiger charge is -2.39. The van der Waals surface area contributed by atoms with Crippen LogP contribution in [-0.4, -0.2) is 57.0 Å². The maximum Gasteiger partial charge on any atom is 0.180 e. The van der Waals surface area contributed by atoms with Gasteiger partial charge in [-0.2, -0.15) is 4.37 Å². The van der Waals surface area contributed by atoms with E-state index in [1.54, 1.807) is 7.11 Å². The molecule has 3 N–H and O–H groups in total. The zero-order valence-electron chi connectivity index (χ0n) is 19.8. The van der Waals surface area contributed by atoms with Gasteiger partial charge in [0, 0.05) is 56.0 Å². The second kappa shape index (κ2) is 8.92. The molecule has 34 heavy (non-hydrogen) atoms. The van der Waals surface area contributed by atoms with Gasteiger partial charge in [0.2, 0.25) is 0 Å². The number of hydrazine groups is 1. The molecule has 1 unspecified atom stereocenters. The summed E-state index contributed by atoms with van der Waals surface area (Å²) in [6.07, 6.45) is 10.9. The Hall–Kier alpha value is -2.53. The summed E-state index contributed by atoms with van der Waals surface area (Å²) in [5, 5.41) is 4.54. The molecule has 6 rings (SSSR count). The molecule has 0 aromatic carbocycles. The predicted molar refractivity (Wildman–Crippen MR) is 134 cm³/mol. The zero-order valence-corrected chi connectivity index (χ0v) is 20.6. The van der Waals surface area contributed by atoms with Gasteiger partial charge in [-0.05, 0) is 49.8 Å². The third kappa shape index (κ3) is 4.43. The van der Waals surface area contributed by atoms with Gasteiger partial charge in [0.1, 0.15) is 5.00 Å². The highest BCUT2D eigenvalue weighted by Crippen LogP contribution is 2.40. The number of hydrogen-bond donors (Lipinski definition) is 3. The molecule has 0 amide bonds. The number of anilines is 2. The number of aromatic nitrogens is 4. The summed E-state index contributed by atoms with van der Waals surface area (Å²) in [5.74, 6) is 1.35. The van der Waals surface area contributed by atoms with Gasteiger partial charge in [-0.1, -0.05) is 6.92 Å². The highest BCUT2D eigenvalue weighted by atomic mass is 32.1. The first-order valence-electron chi connectivity index (χ1n) is 12.1. The highest BCUT2D eigenvalue weighted by Gasteiger charge is 2.31. The van der Waals surface area contributed by atoms with Crippen LogP contribution in [0.3, 0.4) is 0 Å². The smallest absolute Gasteiger partial charge is 0.180 e. The highest BCUT2D eigenvalue weighted by molar-refractivity contribution is 7.10. The first-order valence-corrected chi connectivity index (χ1v) is 12.9. The van der Waals surface area contributed by atoms with E-state index in [4.69, 9.17) is 19.1 Å². The van der Waals surface area contributed by atoms with Gasteiger partial charge in [0.05, 0.1) is 29.9 Å². The predicted octanol–water partition coefficient (Wildman–Crippen LogP) is 3.50. The summed E-state index contributed by atoms with van der Waals surface area (Å²) >= 11 is 1.49. The topological polar surface area (TPSA) is 91.6 Å². The quantitative estimate of drug-likeness (QED) is 0.451. The molecule has 3 aromatic rings. The summed E-state index contributed by atoms with van der Waals surface area (Å²) in [6.45, 7) is 6.93. The van der Waals surface area contributed by atoms with E-state index < -0.39 is 0 Å². The molecule has 1 saturated carbocycles. The fourth-order valence-electron chi connectivity index (χ4n) is 5.22. The van der Waals surface area contributed by atoms with E-state index in [0.717, 1.165) is 66.3 Å². The van der Waals surface area contributed by atoms with Crippen molar-refractivity contribution >= 4 is 33.6 Å². The number of imidazole rings is 1. The first-order chi connectivity index (χ1) is 16.6. The van der Waals surface area contributed by atoms with E-state index in [2.05, 4.69) is 44.7 Å². The molecule has 5 heterocycles. The minimum absolute atomic E-state index is 0.223. The van der Waals surface area contributed by atoms with Crippen molar-refractivity contribution < 1.29 is 4.74 Å². The lowest BCUT2D eigenvalue weighted by atomic mass is 9.82. The number of likely N-dealkylation sites (tertiary alicyclic amines) is 1. The van der Waals surface area contributed by atoms with Crippen LogP contribution in [0.4, 0.5) is 10.8 Å². The van der Waals surface area contributed by atoms with Crippen LogP contribution < -0.4 is 16.2 Å². The summed E-state index contributed by atoms with van der Waals surface area (Å²) in [5.41, 5.74) is 11.8. The Labute approximate surface area is 203 Å². The van der Waals surface area contributed by atoms with Crippen LogP contribution in [0.5, 0.6) is 0 Å². The number of ether oxygens (including phenoxy) is 1. The second-order valence-corrected chi connectivity index (χ2v) is 11.0. The lowest BCUT2D eigenvalue weighted by molar-refractivity contribution is 0.0213. The fourth-order valence-corrected chi connectivity index (χ4v) is 5.88. The third-order valence-corrected chi connectivity index (χ3v) is 7.74. The summed E-state index contributed by atoms with van der Waals surface area (Å²) in [4.78, 5) is 12.2. The molecule has 9 nitrogen and oxygen atoms in total. The van der Waals surface area contributed by atoms with Crippen molar-refractivity contribution in [3.63, 3.8) is 0 Å². The van der Waals surface area contributed by atoms with Crippen LogP contribution >= 0.6 is 11.5 Å². The van der Waals surface area contributed by atoms with Crippen LogP contribution in [0.1, 0.15) is 55.6 Å². The Bertz CT molecular complexity index is 1210. The normalized spacial score (nSPS) is 23.3. The van der Waals surface area contributed by atoms with E-state index in [1.807, 2.05) is 12.4 Å². The molecule has 2 aliphatic heterocycles. The molecular weight excluding hydrogens is 448 g/mol. The number of nitrogens with one attached hydrogen (secondary N) is 3. The largest absolute Gasteiger partial charge is 0.384 e. The van der Waals surface area contributed by atoms with Gasteiger partial charge in [-0.3, -0.25) is 9.30 Å². The number of methoxy groups -OCH3 is 1. The zero-order chi connectivity index (χ0) is 23.1. The van der Waals surface area contributed by atoms with E-state index in [0.29, 0.717) is 5.92 Å². The fraction of sp³-hybridized carbons (Fsp3) is 0.542. The molecule has 180 valence electrons. The number of fused-ring (bicyclic) bond motifs is 1. The van der Waals surface area contributed by atoms with Crippen LogP contribution in [0.25, 0.3) is 11.2 Å².